The molecule has 0 aromatic rings. The van der Waals surface area contributed by atoms with Crippen LogP contribution in [0.15, 0.2) is 11.6 Å². The van der Waals surface area contributed by atoms with Crippen LogP contribution < -0.4 is 0 Å². The second kappa shape index (κ2) is 5.56. The molecule has 1 heteroatoms. The van der Waals surface area contributed by atoms with Crippen molar-refractivity contribution < 1.29 is 5.11 Å². The summed E-state index contributed by atoms with van der Waals surface area (Å²) in [5, 5.41) is 11.1. The van der Waals surface area contributed by atoms with Crippen LogP contribution >= 0.6 is 0 Å². The van der Waals surface area contributed by atoms with Crippen molar-refractivity contribution in [2.75, 3.05) is 0 Å². The summed E-state index contributed by atoms with van der Waals surface area (Å²) in [6, 6.07) is 0. The van der Waals surface area contributed by atoms with Gasteiger partial charge in [-0.15, -0.1) is 0 Å². The summed E-state index contributed by atoms with van der Waals surface area (Å²) < 4.78 is 0. The first-order chi connectivity index (χ1) is 8.13. The molecule has 3 atom stereocenters. The monoisotopic (exact) mass is 236 g/mol. The Morgan fingerprint density at radius 1 is 1.12 bits per heavy atom. The summed E-state index contributed by atoms with van der Waals surface area (Å²) in [5.74, 6) is 1.13. The Morgan fingerprint density at radius 2 is 1.88 bits per heavy atom. The van der Waals surface area contributed by atoms with E-state index in [-0.39, 0.29) is 0 Å². The highest BCUT2D eigenvalue weighted by Crippen LogP contribution is 2.43. The van der Waals surface area contributed by atoms with Gasteiger partial charge in [-0.05, 0) is 55.9 Å². The Labute approximate surface area is 106 Å². The molecule has 0 aromatic heterocycles. The van der Waals surface area contributed by atoms with E-state index in [1.54, 1.807) is 0 Å². The van der Waals surface area contributed by atoms with Crippen LogP contribution in [-0.4, -0.2) is 10.7 Å². The van der Waals surface area contributed by atoms with Gasteiger partial charge in [-0.2, -0.15) is 0 Å². The minimum Gasteiger partial charge on any atom is -0.385 e. The molecule has 1 saturated carbocycles. The van der Waals surface area contributed by atoms with Gasteiger partial charge in [0.25, 0.3) is 0 Å². The van der Waals surface area contributed by atoms with Crippen molar-refractivity contribution in [3.63, 3.8) is 0 Å². The maximum atomic E-state index is 11.1. The predicted octanol–water partition coefficient (Wildman–Crippen LogP) is 4.45. The SMILES string of the molecule is CC1CCC(C)C(O)(C2=CCCCCCC2)C1. The van der Waals surface area contributed by atoms with Gasteiger partial charge in [-0.3, -0.25) is 0 Å². The normalized spacial score (nSPS) is 40.3. The topological polar surface area (TPSA) is 20.2 Å². The van der Waals surface area contributed by atoms with Gasteiger partial charge >= 0.3 is 0 Å². The van der Waals surface area contributed by atoms with Gasteiger partial charge < -0.3 is 5.11 Å². The Morgan fingerprint density at radius 3 is 2.71 bits per heavy atom. The van der Waals surface area contributed by atoms with Gasteiger partial charge in [0.05, 0.1) is 5.60 Å². The summed E-state index contributed by atoms with van der Waals surface area (Å²) in [6.07, 6.45) is 13.4. The fourth-order valence-corrected chi connectivity index (χ4v) is 3.64. The molecule has 1 N–H and O–H groups in total. The van der Waals surface area contributed by atoms with Crippen LogP contribution in [0.3, 0.4) is 0 Å². The van der Waals surface area contributed by atoms with Crippen LogP contribution in [-0.2, 0) is 0 Å². The highest BCUT2D eigenvalue weighted by atomic mass is 16.3. The molecular formula is C16H28O. The number of hydrogen-bond donors (Lipinski definition) is 1. The van der Waals surface area contributed by atoms with Crippen LogP contribution in [0, 0.1) is 11.8 Å². The van der Waals surface area contributed by atoms with E-state index in [0.717, 1.165) is 12.8 Å². The van der Waals surface area contributed by atoms with E-state index in [1.165, 1.54) is 50.5 Å². The van der Waals surface area contributed by atoms with E-state index in [4.69, 9.17) is 0 Å². The van der Waals surface area contributed by atoms with Crippen LogP contribution in [0.25, 0.3) is 0 Å². The zero-order valence-corrected chi connectivity index (χ0v) is 11.5. The molecule has 0 aliphatic heterocycles. The molecule has 2 aliphatic rings. The smallest absolute Gasteiger partial charge is 0.0884 e. The number of hydrogen-bond acceptors (Lipinski definition) is 1. The van der Waals surface area contributed by atoms with E-state index >= 15 is 0 Å². The van der Waals surface area contributed by atoms with Gasteiger partial charge in [0, 0.05) is 0 Å². The van der Waals surface area contributed by atoms with Gasteiger partial charge in [0.2, 0.25) is 0 Å². The molecule has 98 valence electrons. The molecule has 3 unspecified atom stereocenters. The van der Waals surface area contributed by atoms with Gasteiger partial charge in [-0.1, -0.05) is 39.2 Å². The van der Waals surface area contributed by atoms with E-state index in [9.17, 15) is 5.11 Å². The first-order valence-electron chi connectivity index (χ1n) is 7.55. The quantitative estimate of drug-likeness (QED) is 0.667. The van der Waals surface area contributed by atoms with Crippen LogP contribution in [0.5, 0.6) is 0 Å². The lowest BCUT2D eigenvalue weighted by Gasteiger charge is -2.43. The van der Waals surface area contributed by atoms with Crippen molar-refractivity contribution in [1.29, 1.82) is 0 Å². The third-order valence-electron chi connectivity index (χ3n) is 4.91. The third-order valence-corrected chi connectivity index (χ3v) is 4.91. The maximum absolute atomic E-state index is 11.1. The molecule has 0 radical (unpaired) electrons. The lowest BCUT2D eigenvalue weighted by Crippen LogP contribution is -2.43. The molecule has 0 spiro atoms. The second-order valence-corrected chi connectivity index (χ2v) is 6.39. The minimum atomic E-state index is -0.477. The standard InChI is InChI=1S/C16H28O/c1-13-10-11-14(2)16(17,12-13)15-8-6-4-3-5-7-9-15/h8,13-14,17H,3-7,9-12H2,1-2H3. The Kier molecular flexibility index (Phi) is 4.30. The minimum absolute atomic E-state index is 0.448. The van der Waals surface area contributed by atoms with Crippen molar-refractivity contribution >= 4 is 0 Å². The van der Waals surface area contributed by atoms with E-state index in [0.29, 0.717) is 11.8 Å². The number of aliphatic hydroxyl groups is 1. The van der Waals surface area contributed by atoms with E-state index in [1.807, 2.05) is 0 Å². The van der Waals surface area contributed by atoms with Crippen molar-refractivity contribution in [2.24, 2.45) is 11.8 Å². The Bertz CT molecular complexity index is 281. The van der Waals surface area contributed by atoms with Crippen molar-refractivity contribution in [3.05, 3.63) is 11.6 Å². The highest BCUT2D eigenvalue weighted by molar-refractivity contribution is 5.20. The summed E-state index contributed by atoms with van der Waals surface area (Å²) in [4.78, 5) is 0. The van der Waals surface area contributed by atoms with Crippen molar-refractivity contribution in [2.45, 2.75) is 77.2 Å². The lowest BCUT2D eigenvalue weighted by molar-refractivity contribution is -0.0277. The highest BCUT2D eigenvalue weighted by Gasteiger charge is 2.41. The Hall–Kier alpha value is -0.300. The van der Waals surface area contributed by atoms with Crippen LogP contribution in [0.2, 0.25) is 0 Å². The summed E-state index contributed by atoms with van der Waals surface area (Å²) in [6.45, 7) is 4.53. The van der Waals surface area contributed by atoms with Gasteiger partial charge in [0.1, 0.15) is 0 Å². The fraction of sp³-hybridized carbons (Fsp3) is 0.875. The molecule has 0 amide bonds. The van der Waals surface area contributed by atoms with E-state index in [2.05, 4.69) is 19.9 Å². The molecule has 0 aromatic carbocycles. The average Bonchev–Trinajstić information content (AvgIpc) is 2.23. The molecule has 0 bridgehead atoms. The summed E-state index contributed by atoms with van der Waals surface area (Å²) in [5.41, 5.74) is 0.894. The van der Waals surface area contributed by atoms with Crippen molar-refractivity contribution in [1.82, 2.24) is 0 Å². The largest absolute Gasteiger partial charge is 0.385 e. The first-order valence-corrected chi connectivity index (χ1v) is 7.55. The fourth-order valence-electron chi connectivity index (χ4n) is 3.64. The second-order valence-electron chi connectivity index (χ2n) is 6.39. The van der Waals surface area contributed by atoms with Gasteiger partial charge in [-0.25, -0.2) is 0 Å². The zero-order valence-electron chi connectivity index (χ0n) is 11.5. The maximum Gasteiger partial charge on any atom is 0.0884 e. The van der Waals surface area contributed by atoms with Gasteiger partial charge in [0.15, 0.2) is 0 Å². The molecule has 1 fully saturated rings. The molecule has 0 heterocycles. The third kappa shape index (κ3) is 2.93. The summed E-state index contributed by atoms with van der Waals surface area (Å²) >= 11 is 0. The molecule has 0 saturated heterocycles. The lowest BCUT2D eigenvalue weighted by atomic mass is 9.67. The molecule has 2 rings (SSSR count). The predicted molar refractivity (Wildman–Crippen MR) is 72.9 cm³/mol. The van der Waals surface area contributed by atoms with Crippen molar-refractivity contribution in [3.8, 4) is 0 Å². The summed E-state index contributed by atoms with van der Waals surface area (Å²) in [7, 11) is 0. The molecule has 1 nitrogen and oxygen atoms in total. The molecule has 17 heavy (non-hydrogen) atoms. The zero-order chi connectivity index (χ0) is 12.3. The number of allylic oxidation sites excluding steroid dienone is 1. The molecular weight excluding hydrogens is 208 g/mol. The Balaban J connectivity index is 2.15. The molecule has 2 aliphatic carbocycles. The number of rotatable bonds is 1. The van der Waals surface area contributed by atoms with Crippen LogP contribution in [0.1, 0.15) is 71.6 Å². The first kappa shape index (κ1) is 13.1. The van der Waals surface area contributed by atoms with Crippen LogP contribution in [0.4, 0.5) is 0 Å². The average molecular weight is 236 g/mol. The van der Waals surface area contributed by atoms with E-state index < -0.39 is 5.60 Å².